The summed E-state index contributed by atoms with van der Waals surface area (Å²) in [7, 11) is 3.79. The summed E-state index contributed by atoms with van der Waals surface area (Å²) in [5.41, 5.74) is 2.52. The van der Waals surface area contributed by atoms with Crippen LogP contribution in [0.5, 0.6) is 0 Å². The molecule has 0 bridgehead atoms. The van der Waals surface area contributed by atoms with Gasteiger partial charge in [-0.05, 0) is 37.6 Å². The van der Waals surface area contributed by atoms with Crippen LogP contribution in [-0.4, -0.2) is 38.3 Å². The lowest BCUT2D eigenvalue weighted by atomic mass is 9.90. The van der Waals surface area contributed by atoms with Gasteiger partial charge in [-0.1, -0.05) is 20.8 Å². The Morgan fingerprint density at radius 1 is 1.38 bits per heavy atom. The van der Waals surface area contributed by atoms with Gasteiger partial charge in [0.2, 0.25) is 0 Å². The summed E-state index contributed by atoms with van der Waals surface area (Å²) in [6.45, 7) is 9.54. The van der Waals surface area contributed by atoms with Crippen LogP contribution < -0.4 is 10.2 Å². The molecule has 1 N–H and O–H groups in total. The molecule has 1 atom stereocenters. The number of ether oxygens (including phenoxy) is 1. The maximum atomic E-state index is 5.54. The Balaban J connectivity index is 2.31. The molecule has 4 heteroatoms. The van der Waals surface area contributed by atoms with E-state index in [4.69, 9.17) is 9.72 Å². The number of pyridine rings is 1. The zero-order valence-corrected chi connectivity index (χ0v) is 14.1. The third-order valence-electron chi connectivity index (χ3n) is 4.06. The third-order valence-corrected chi connectivity index (χ3v) is 4.06. The van der Waals surface area contributed by atoms with Crippen LogP contribution in [0.4, 0.5) is 5.82 Å². The monoisotopic (exact) mass is 291 g/mol. The largest absolute Gasteiger partial charge is 0.380 e. The van der Waals surface area contributed by atoms with Gasteiger partial charge in [0.1, 0.15) is 5.82 Å². The number of hydrogen-bond donors (Lipinski definition) is 1. The van der Waals surface area contributed by atoms with Crippen molar-refractivity contribution in [2.24, 2.45) is 0 Å². The molecule has 0 radical (unpaired) electrons. The van der Waals surface area contributed by atoms with Crippen molar-refractivity contribution in [1.29, 1.82) is 0 Å². The SMILES string of the molecule is CNCc1cc(N2CCCC(OC)C2)nc(C(C)(C)C)c1. The highest BCUT2D eigenvalue weighted by Crippen LogP contribution is 2.26. The fourth-order valence-corrected chi connectivity index (χ4v) is 2.76. The quantitative estimate of drug-likeness (QED) is 0.925. The van der Waals surface area contributed by atoms with Gasteiger partial charge in [-0.25, -0.2) is 4.98 Å². The summed E-state index contributed by atoms with van der Waals surface area (Å²) in [5, 5.41) is 3.24. The number of anilines is 1. The second-order valence-electron chi connectivity index (χ2n) is 6.95. The maximum Gasteiger partial charge on any atom is 0.129 e. The number of piperidine rings is 1. The summed E-state index contributed by atoms with van der Waals surface area (Å²) in [6, 6.07) is 4.43. The van der Waals surface area contributed by atoms with Gasteiger partial charge in [-0.2, -0.15) is 0 Å². The third kappa shape index (κ3) is 4.17. The second kappa shape index (κ2) is 6.75. The number of methoxy groups -OCH3 is 1. The van der Waals surface area contributed by atoms with Crippen LogP contribution in [0.1, 0.15) is 44.9 Å². The van der Waals surface area contributed by atoms with Crippen molar-refractivity contribution >= 4 is 5.82 Å². The van der Waals surface area contributed by atoms with E-state index in [2.05, 4.69) is 43.1 Å². The minimum absolute atomic E-state index is 0.0644. The van der Waals surface area contributed by atoms with Crippen molar-refractivity contribution in [1.82, 2.24) is 10.3 Å². The van der Waals surface area contributed by atoms with Crippen LogP contribution in [-0.2, 0) is 16.7 Å². The Morgan fingerprint density at radius 2 is 2.14 bits per heavy atom. The molecule has 1 saturated heterocycles. The summed E-state index contributed by atoms with van der Waals surface area (Å²) in [5.74, 6) is 1.09. The molecule has 0 amide bonds. The summed E-state index contributed by atoms with van der Waals surface area (Å²) >= 11 is 0. The van der Waals surface area contributed by atoms with Gasteiger partial charge < -0.3 is 15.0 Å². The molecule has 0 saturated carbocycles. The predicted octanol–water partition coefficient (Wildman–Crippen LogP) is 2.71. The summed E-state index contributed by atoms with van der Waals surface area (Å²) in [6.07, 6.45) is 2.64. The Morgan fingerprint density at radius 3 is 2.76 bits per heavy atom. The Kier molecular flexibility index (Phi) is 5.22. The highest BCUT2D eigenvalue weighted by molar-refractivity contribution is 5.44. The van der Waals surface area contributed by atoms with Crippen molar-refractivity contribution in [2.45, 2.75) is 51.7 Å². The van der Waals surface area contributed by atoms with Crippen LogP contribution in [0.25, 0.3) is 0 Å². The van der Waals surface area contributed by atoms with Crippen LogP contribution >= 0.6 is 0 Å². The molecule has 1 fully saturated rings. The fourth-order valence-electron chi connectivity index (χ4n) is 2.76. The average molecular weight is 291 g/mol. The average Bonchev–Trinajstić information content (AvgIpc) is 2.46. The van der Waals surface area contributed by atoms with Gasteiger partial charge in [0.25, 0.3) is 0 Å². The van der Waals surface area contributed by atoms with Gasteiger partial charge >= 0.3 is 0 Å². The Bertz CT molecular complexity index is 468. The molecule has 2 heterocycles. The molecule has 118 valence electrons. The van der Waals surface area contributed by atoms with Crippen LogP contribution in [0.15, 0.2) is 12.1 Å². The van der Waals surface area contributed by atoms with Gasteiger partial charge in [-0.3, -0.25) is 0 Å². The first kappa shape index (κ1) is 16.2. The molecule has 21 heavy (non-hydrogen) atoms. The van der Waals surface area contributed by atoms with E-state index in [1.165, 1.54) is 12.0 Å². The molecular weight excluding hydrogens is 262 g/mol. The van der Waals surface area contributed by atoms with E-state index >= 15 is 0 Å². The number of nitrogens with one attached hydrogen (secondary N) is 1. The van der Waals surface area contributed by atoms with E-state index in [9.17, 15) is 0 Å². The van der Waals surface area contributed by atoms with E-state index in [1.807, 2.05) is 7.05 Å². The molecule has 0 aromatic carbocycles. The topological polar surface area (TPSA) is 37.4 Å². The number of nitrogens with zero attached hydrogens (tertiary/aromatic N) is 2. The Hall–Kier alpha value is -1.13. The second-order valence-corrected chi connectivity index (χ2v) is 6.95. The molecule has 1 unspecified atom stereocenters. The molecular formula is C17H29N3O. The first-order chi connectivity index (χ1) is 9.94. The molecule has 1 aliphatic heterocycles. The highest BCUT2D eigenvalue weighted by atomic mass is 16.5. The van der Waals surface area contributed by atoms with E-state index in [0.29, 0.717) is 6.10 Å². The van der Waals surface area contributed by atoms with Gasteiger partial charge in [-0.15, -0.1) is 0 Å². The van der Waals surface area contributed by atoms with E-state index in [-0.39, 0.29) is 5.41 Å². The summed E-state index contributed by atoms with van der Waals surface area (Å²) < 4.78 is 5.54. The lowest BCUT2D eigenvalue weighted by molar-refractivity contribution is 0.0891. The molecule has 0 spiro atoms. The smallest absolute Gasteiger partial charge is 0.129 e. The van der Waals surface area contributed by atoms with Crippen molar-refractivity contribution in [2.75, 3.05) is 32.1 Å². The lowest BCUT2D eigenvalue weighted by Crippen LogP contribution is -2.40. The van der Waals surface area contributed by atoms with Crippen LogP contribution in [0.2, 0.25) is 0 Å². The maximum absolute atomic E-state index is 5.54. The molecule has 1 aromatic rings. The molecule has 2 rings (SSSR count). The Labute approximate surface area is 128 Å². The zero-order valence-electron chi connectivity index (χ0n) is 14.1. The van der Waals surface area contributed by atoms with Crippen molar-refractivity contribution in [3.8, 4) is 0 Å². The number of hydrogen-bond acceptors (Lipinski definition) is 4. The summed E-state index contributed by atoms with van der Waals surface area (Å²) in [4.78, 5) is 7.29. The molecule has 1 aliphatic rings. The van der Waals surface area contributed by atoms with Crippen LogP contribution in [0, 0.1) is 0 Å². The molecule has 1 aromatic heterocycles. The first-order valence-electron chi connectivity index (χ1n) is 7.88. The van der Waals surface area contributed by atoms with E-state index in [1.54, 1.807) is 7.11 Å². The van der Waals surface area contributed by atoms with E-state index < -0.39 is 0 Å². The predicted molar refractivity (Wildman–Crippen MR) is 87.9 cm³/mol. The van der Waals surface area contributed by atoms with E-state index in [0.717, 1.165) is 37.6 Å². The van der Waals surface area contributed by atoms with Crippen molar-refractivity contribution in [3.63, 3.8) is 0 Å². The normalized spacial score (nSPS) is 19.9. The minimum atomic E-state index is 0.0644. The van der Waals surface area contributed by atoms with Gasteiger partial charge in [0.05, 0.1) is 6.10 Å². The zero-order chi connectivity index (χ0) is 15.5. The van der Waals surface area contributed by atoms with Crippen molar-refractivity contribution in [3.05, 3.63) is 23.4 Å². The van der Waals surface area contributed by atoms with Gasteiger partial charge in [0, 0.05) is 37.9 Å². The minimum Gasteiger partial charge on any atom is -0.380 e. The lowest BCUT2D eigenvalue weighted by Gasteiger charge is -2.34. The standard InChI is InChI=1S/C17H29N3O/c1-17(2,3)15-9-13(11-18-4)10-16(19-15)20-8-6-7-14(12-20)21-5/h9-10,14,18H,6-8,11-12H2,1-5H3. The molecule has 4 nitrogen and oxygen atoms in total. The number of rotatable bonds is 4. The molecule has 0 aliphatic carbocycles. The van der Waals surface area contributed by atoms with Gasteiger partial charge in [0.15, 0.2) is 0 Å². The van der Waals surface area contributed by atoms with Crippen molar-refractivity contribution < 1.29 is 4.74 Å². The van der Waals surface area contributed by atoms with Crippen LogP contribution in [0.3, 0.4) is 0 Å². The number of aromatic nitrogens is 1. The first-order valence-corrected chi connectivity index (χ1v) is 7.88. The highest BCUT2D eigenvalue weighted by Gasteiger charge is 2.23. The fraction of sp³-hybridized carbons (Fsp3) is 0.706.